The quantitative estimate of drug-likeness (QED) is 0.680. The average molecular weight is 232 g/mol. The van der Waals surface area contributed by atoms with Crippen molar-refractivity contribution in [3.05, 3.63) is 35.9 Å². The van der Waals surface area contributed by atoms with Gasteiger partial charge in [0.1, 0.15) is 5.21 Å². The molecular formula is C11H14N5O+. The molecule has 6 nitrogen and oxygen atoms in total. The molecule has 0 saturated carbocycles. The molecule has 0 atom stereocenters. The van der Waals surface area contributed by atoms with Crippen LogP contribution in [0.3, 0.4) is 0 Å². The number of aryl methyl sites for hydroxylation is 2. The van der Waals surface area contributed by atoms with E-state index in [9.17, 15) is 4.79 Å². The van der Waals surface area contributed by atoms with E-state index in [0.29, 0.717) is 11.5 Å². The Labute approximate surface area is 99.1 Å². The van der Waals surface area contributed by atoms with E-state index in [1.165, 1.54) is 4.90 Å². The van der Waals surface area contributed by atoms with E-state index in [1.54, 1.807) is 42.6 Å². The van der Waals surface area contributed by atoms with E-state index in [2.05, 4.69) is 10.4 Å². The molecule has 1 amide bonds. The van der Waals surface area contributed by atoms with E-state index in [1.807, 2.05) is 18.2 Å². The zero-order valence-electron chi connectivity index (χ0n) is 10.0. The molecule has 88 valence electrons. The van der Waals surface area contributed by atoms with Crippen LogP contribution in [0.2, 0.25) is 0 Å². The second-order valence-corrected chi connectivity index (χ2v) is 3.76. The average Bonchev–Trinajstić information content (AvgIpc) is 2.68. The first-order chi connectivity index (χ1) is 8.11. The van der Waals surface area contributed by atoms with Crippen molar-refractivity contribution in [3.8, 4) is 0 Å². The maximum atomic E-state index is 12.2. The molecule has 0 bridgehead atoms. The Bertz CT molecular complexity index is 515. The molecule has 6 heteroatoms. The van der Waals surface area contributed by atoms with Crippen molar-refractivity contribution in [1.82, 2.24) is 15.1 Å². The standard InChI is InChI=1S/C11H14N5O/c1-14(11-15(2)12-13-16(11)3)10(17)9-7-5-4-6-8-9/h4-8H,1-3H3/q+1. The van der Waals surface area contributed by atoms with E-state index >= 15 is 0 Å². The van der Waals surface area contributed by atoms with Crippen LogP contribution in [0.5, 0.6) is 0 Å². The molecule has 0 aliphatic heterocycles. The van der Waals surface area contributed by atoms with Crippen molar-refractivity contribution in [2.45, 2.75) is 0 Å². The van der Waals surface area contributed by atoms with Gasteiger partial charge in [-0.25, -0.2) is 4.90 Å². The van der Waals surface area contributed by atoms with Gasteiger partial charge < -0.3 is 0 Å². The van der Waals surface area contributed by atoms with Crippen molar-refractivity contribution in [2.24, 2.45) is 14.1 Å². The topological polar surface area (TPSA) is 54.9 Å². The minimum Gasteiger partial charge on any atom is -0.255 e. The van der Waals surface area contributed by atoms with Crippen LogP contribution in [0.1, 0.15) is 10.4 Å². The van der Waals surface area contributed by atoms with E-state index in [0.717, 1.165) is 0 Å². The van der Waals surface area contributed by atoms with Crippen molar-refractivity contribution in [1.29, 1.82) is 0 Å². The normalized spacial score (nSPS) is 10.3. The fraction of sp³-hybridized carbons (Fsp3) is 0.273. The van der Waals surface area contributed by atoms with Gasteiger partial charge in [-0.3, -0.25) is 4.79 Å². The van der Waals surface area contributed by atoms with Gasteiger partial charge in [-0.05, 0) is 12.1 Å². The second kappa shape index (κ2) is 4.32. The molecule has 2 aromatic rings. The Morgan fingerprint density at radius 1 is 1.35 bits per heavy atom. The Hall–Kier alpha value is -2.24. The number of hydrogen-bond donors (Lipinski definition) is 0. The van der Waals surface area contributed by atoms with Crippen molar-refractivity contribution < 1.29 is 9.48 Å². The molecule has 2 rings (SSSR count). The van der Waals surface area contributed by atoms with Crippen LogP contribution in [0.15, 0.2) is 30.3 Å². The molecular weight excluding hydrogens is 218 g/mol. The number of hydrogen-bond acceptors (Lipinski definition) is 3. The zero-order chi connectivity index (χ0) is 12.4. The second-order valence-electron chi connectivity index (χ2n) is 3.76. The molecule has 1 aromatic heterocycles. The Morgan fingerprint density at radius 3 is 2.53 bits per heavy atom. The lowest BCUT2D eigenvalue weighted by Crippen LogP contribution is -2.41. The number of anilines is 1. The summed E-state index contributed by atoms with van der Waals surface area (Å²) in [5, 5.41) is 7.70. The Kier molecular flexibility index (Phi) is 2.86. The van der Waals surface area contributed by atoms with Crippen LogP contribution in [0.25, 0.3) is 0 Å². The molecule has 0 aliphatic rings. The van der Waals surface area contributed by atoms with Crippen LogP contribution in [0, 0.1) is 0 Å². The van der Waals surface area contributed by atoms with Crippen LogP contribution >= 0.6 is 0 Å². The number of carbonyl (C=O) groups excluding carboxylic acids is 1. The summed E-state index contributed by atoms with van der Waals surface area (Å²) < 4.78 is 3.11. The van der Waals surface area contributed by atoms with Crippen LogP contribution in [-0.2, 0) is 14.1 Å². The van der Waals surface area contributed by atoms with Gasteiger partial charge in [0.15, 0.2) is 0 Å². The zero-order valence-corrected chi connectivity index (χ0v) is 10.0. The van der Waals surface area contributed by atoms with Gasteiger partial charge in [-0.2, -0.15) is 0 Å². The summed E-state index contributed by atoms with van der Waals surface area (Å²) >= 11 is 0. The smallest absolute Gasteiger partial charge is 0.255 e. The first-order valence-corrected chi connectivity index (χ1v) is 5.20. The summed E-state index contributed by atoms with van der Waals surface area (Å²) in [4.78, 5) is 13.7. The van der Waals surface area contributed by atoms with E-state index in [4.69, 9.17) is 0 Å². The lowest BCUT2D eigenvalue weighted by molar-refractivity contribution is -0.719. The molecule has 0 aliphatic carbocycles. The maximum Gasteiger partial charge on any atom is 0.374 e. The highest BCUT2D eigenvalue weighted by molar-refractivity contribution is 6.04. The van der Waals surface area contributed by atoms with Gasteiger partial charge in [0.05, 0.1) is 31.9 Å². The SMILES string of the molecule is CN(C(=O)c1ccccc1)c1n(C)nn[n+]1C. The molecule has 0 fully saturated rings. The van der Waals surface area contributed by atoms with Gasteiger partial charge in [-0.1, -0.05) is 22.9 Å². The van der Waals surface area contributed by atoms with E-state index < -0.39 is 0 Å². The first kappa shape index (κ1) is 11.3. The van der Waals surface area contributed by atoms with Crippen molar-refractivity contribution >= 4 is 11.9 Å². The van der Waals surface area contributed by atoms with Gasteiger partial charge in [-0.15, -0.1) is 4.68 Å². The third-order valence-corrected chi connectivity index (χ3v) is 2.51. The number of amides is 1. The Balaban J connectivity index is 2.33. The van der Waals surface area contributed by atoms with Gasteiger partial charge in [0.25, 0.3) is 0 Å². The first-order valence-electron chi connectivity index (χ1n) is 5.20. The highest BCUT2D eigenvalue weighted by atomic mass is 16.2. The fourth-order valence-electron chi connectivity index (χ4n) is 1.71. The van der Waals surface area contributed by atoms with Gasteiger partial charge in [0.2, 0.25) is 0 Å². The third-order valence-electron chi connectivity index (χ3n) is 2.51. The summed E-state index contributed by atoms with van der Waals surface area (Å²) in [6.07, 6.45) is 0. The monoisotopic (exact) mass is 232 g/mol. The van der Waals surface area contributed by atoms with Crippen molar-refractivity contribution in [3.63, 3.8) is 0 Å². The molecule has 17 heavy (non-hydrogen) atoms. The Morgan fingerprint density at radius 2 is 2.00 bits per heavy atom. The predicted molar refractivity (Wildman–Crippen MR) is 61.4 cm³/mol. The minimum atomic E-state index is -0.0911. The molecule has 1 aromatic carbocycles. The van der Waals surface area contributed by atoms with Gasteiger partial charge >= 0.3 is 11.9 Å². The third kappa shape index (κ3) is 2.01. The summed E-state index contributed by atoms with van der Waals surface area (Å²) in [7, 11) is 5.20. The fourth-order valence-corrected chi connectivity index (χ4v) is 1.71. The molecule has 0 radical (unpaired) electrons. The molecule has 0 saturated heterocycles. The number of benzene rings is 1. The van der Waals surface area contributed by atoms with Crippen LogP contribution in [-0.4, -0.2) is 28.1 Å². The van der Waals surface area contributed by atoms with Crippen molar-refractivity contribution in [2.75, 3.05) is 11.9 Å². The molecule has 1 heterocycles. The summed E-state index contributed by atoms with van der Waals surface area (Å²) in [6.45, 7) is 0. The lowest BCUT2D eigenvalue weighted by atomic mass is 10.2. The predicted octanol–water partition coefficient (Wildman–Crippen LogP) is -0.0838. The lowest BCUT2D eigenvalue weighted by Gasteiger charge is -2.10. The van der Waals surface area contributed by atoms with Crippen LogP contribution < -0.4 is 9.58 Å². The maximum absolute atomic E-state index is 12.2. The number of aromatic nitrogens is 4. The summed E-state index contributed by atoms with van der Waals surface area (Å²) in [6, 6.07) is 9.11. The summed E-state index contributed by atoms with van der Waals surface area (Å²) in [5.74, 6) is 0.533. The number of rotatable bonds is 2. The number of tetrazole rings is 1. The molecule has 0 N–H and O–H groups in total. The number of carbonyl (C=O) groups is 1. The highest BCUT2D eigenvalue weighted by Gasteiger charge is 2.26. The molecule has 0 spiro atoms. The highest BCUT2D eigenvalue weighted by Crippen LogP contribution is 2.08. The molecule has 0 unspecified atom stereocenters. The minimum absolute atomic E-state index is 0.0911. The largest absolute Gasteiger partial charge is 0.374 e. The van der Waals surface area contributed by atoms with E-state index in [-0.39, 0.29) is 5.91 Å². The van der Waals surface area contributed by atoms with Crippen LogP contribution in [0.4, 0.5) is 5.95 Å². The number of nitrogens with zero attached hydrogens (tertiary/aromatic N) is 5. The summed E-state index contributed by atoms with van der Waals surface area (Å²) in [5.41, 5.74) is 0.635. The van der Waals surface area contributed by atoms with Gasteiger partial charge in [0, 0.05) is 0 Å².